The standard InChI is InChI=1S/C12H15BrN4O2S/c1-9(8-17-6-2-5-15-17)16-20(18,19)12-7-10(13)3-4-11(12)14/h2-7,9,16H,8,14H2,1H3. The minimum Gasteiger partial charge on any atom is -0.398 e. The molecule has 1 atom stereocenters. The van der Waals surface area contributed by atoms with Gasteiger partial charge in [0.25, 0.3) is 0 Å². The quantitative estimate of drug-likeness (QED) is 0.794. The van der Waals surface area contributed by atoms with E-state index in [4.69, 9.17) is 5.73 Å². The van der Waals surface area contributed by atoms with Crippen molar-refractivity contribution in [3.63, 3.8) is 0 Å². The molecule has 2 aromatic rings. The number of benzene rings is 1. The Hall–Kier alpha value is -1.38. The van der Waals surface area contributed by atoms with E-state index in [0.29, 0.717) is 11.0 Å². The molecule has 8 heteroatoms. The van der Waals surface area contributed by atoms with Gasteiger partial charge in [0.1, 0.15) is 4.90 Å². The molecule has 2 rings (SSSR count). The van der Waals surface area contributed by atoms with Gasteiger partial charge in [-0.05, 0) is 31.2 Å². The Bertz CT molecular complexity index is 685. The maximum Gasteiger partial charge on any atom is 0.242 e. The summed E-state index contributed by atoms with van der Waals surface area (Å²) < 4.78 is 29.5. The molecule has 3 N–H and O–H groups in total. The lowest BCUT2D eigenvalue weighted by Crippen LogP contribution is -2.36. The van der Waals surface area contributed by atoms with Gasteiger partial charge in [-0.3, -0.25) is 4.68 Å². The van der Waals surface area contributed by atoms with Crippen LogP contribution in [0.1, 0.15) is 6.92 Å². The maximum atomic E-state index is 12.3. The van der Waals surface area contributed by atoms with E-state index >= 15 is 0 Å². The van der Waals surface area contributed by atoms with Crippen LogP contribution in [0.15, 0.2) is 46.0 Å². The van der Waals surface area contributed by atoms with Crippen LogP contribution in [0.2, 0.25) is 0 Å². The third-order valence-electron chi connectivity index (χ3n) is 2.64. The monoisotopic (exact) mass is 358 g/mol. The highest BCUT2D eigenvalue weighted by Crippen LogP contribution is 2.23. The molecule has 0 spiro atoms. The van der Waals surface area contributed by atoms with Gasteiger partial charge in [0, 0.05) is 22.9 Å². The molecule has 0 amide bonds. The van der Waals surface area contributed by atoms with E-state index in [0.717, 1.165) is 0 Å². The number of anilines is 1. The summed E-state index contributed by atoms with van der Waals surface area (Å²) in [5.41, 5.74) is 5.94. The molecule has 0 fully saturated rings. The van der Waals surface area contributed by atoms with E-state index in [2.05, 4.69) is 25.8 Å². The van der Waals surface area contributed by atoms with Crippen molar-refractivity contribution < 1.29 is 8.42 Å². The highest BCUT2D eigenvalue weighted by Gasteiger charge is 2.20. The third-order valence-corrected chi connectivity index (χ3v) is 4.78. The first-order valence-electron chi connectivity index (χ1n) is 5.93. The summed E-state index contributed by atoms with van der Waals surface area (Å²) in [4.78, 5) is 0.0687. The molecule has 1 heterocycles. The summed E-state index contributed by atoms with van der Waals surface area (Å²) in [6.45, 7) is 2.22. The molecular formula is C12H15BrN4O2S. The van der Waals surface area contributed by atoms with Crippen LogP contribution < -0.4 is 10.5 Å². The molecule has 0 saturated heterocycles. The van der Waals surface area contributed by atoms with Crippen LogP contribution in [0.3, 0.4) is 0 Å². The molecule has 1 aromatic heterocycles. The molecule has 0 aliphatic carbocycles. The van der Waals surface area contributed by atoms with Crippen molar-refractivity contribution in [1.82, 2.24) is 14.5 Å². The SMILES string of the molecule is CC(Cn1cccn1)NS(=O)(=O)c1cc(Br)ccc1N. The minimum atomic E-state index is -3.66. The fourth-order valence-electron chi connectivity index (χ4n) is 1.80. The second-order valence-electron chi connectivity index (χ2n) is 4.43. The van der Waals surface area contributed by atoms with Gasteiger partial charge in [0.2, 0.25) is 10.0 Å². The topological polar surface area (TPSA) is 90.0 Å². The molecule has 0 bridgehead atoms. The van der Waals surface area contributed by atoms with Crippen molar-refractivity contribution in [2.75, 3.05) is 5.73 Å². The number of nitrogens with two attached hydrogens (primary N) is 1. The molecule has 6 nitrogen and oxygen atoms in total. The lowest BCUT2D eigenvalue weighted by atomic mass is 10.3. The van der Waals surface area contributed by atoms with Crippen molar-refractivity contribution in [2.24, 2.45) is 0 Å². The molecule has 108 valence electrons. The Balaban J connectivity index is 2.16. The lowest BCUT2D eigenvalue weighted by molar-refractivity contribution is 0.494. The summed E-state index contributed by atoms with van der Waals surface area (Å²) >= 11 is 3.24. The maximum absolute atomic E-state index is 12.3. The number of aromatic nitrogens is 2. The van der Waals surface area contributed by atoms with Gasteiger partial charge in [0.05, 0.1) is 12.2 Å². The number of nitrogens with one attached hydrogen (secondary N) is 1. The van der Waals surface area contributed by atoms with Crippen LogP contribution in [0.5, 0.6) is 0 Å². The predicted molar refractivity (Wildman–Crippen MR) is 80.6 cm³/mol. The van der Waals surface area contributed by atoms with Crippen LogP contribution in [-0.2, 0) is 16.6 Å². The summed E-state index contributed by atoms with van der Waals surface area (Å²) in [5, 5.41) is 4.04. The van der Waals surface area contributed by atoms with Crippen LogP contribution in [0.25, 0.3) is 0 Å². The first-order valence-corrected chi connectivity index (χ1v) is 8.21. The Morgan fingerprint density at radius 3 is 2.90 bits per heavy atom. The normalized spacial score (nSPS) is 13.3. The molecule has 20 heavy (non-hydrogen) atoms. The number of nitrogen functional groups attached to an aromatic ring is 1. The van der Waals surface area contributed by atoms with Gasteiger partial charge >= 0.3 is 0 Å². The molecule has 0 aliphatic heterocycles. The highest BCUT2D eigenvalue weighted by molar-refractivity contribution is 9.10. The summed E-state index contributed by atoms with van der Waals surface area (Å²) in [6, 6.07) is 6.21. The molecule has 0 radical (unpaired) electrons. The second-order valence-corrected chi connectivity index (χ2v) is 7.03. The summed E-state index contributed by atoms with van der Waals surface area (Å²) in [6.07, 6.45) is 3.42. The average Bonchev–Trinajstić information content (AvgIpc) is 2.84. The van der Waals surface area contributed by atoms with Gasteiger partial charge in [-0.15, -0.1) is 0 Å². The van der Waals surface area contributed by atoms with Crippen LogP contribution in [0.4, 0.5) is 5.69 Å². The Morgan fingerprint density at radius 2 is 2.25 bits per heavy atom. The highest BCUT2D eigenvalue weighted by atomic mass is 79.9. The second kappa shape index (κ2) is 5.94. The Kier molecular flexibility index (Phi) is 4.46. The summed E-state index contributed by atoms with van der Waals surface area (Å²) in [7, 11) is -3.66. The van der Waals surface area contributed by atoms with E-state index in [1.165, 1.54) is 6.07 Å². The van der Waals surface area contributed by atoms with Crippen molar-refractivity contribution in [3.8, 4) is 0 Å². The summed E-state index contributed by atoms with van der Waals surface area (Å²) in [5.74, 6) is 0. The third kappa shape index (κ3) is 3.59. The Labute approximate surface area is 126 Å². The average molecular weight is 359 g/mol. The zero-order valence-electron chi connectivity index (χ0n) is 10.8. The van der Waals surface area contributed by atoms with Gasteiger partial charge in [0.15, 0.2) is 0 Å². The number of nitrogens with zero attached hydrogens (tertiary/aromatic N) is 2. The van der Waals surface area contributed by atoms with Crippen LogP contribution in [-0.4, -0.2) is 24.2 Å². The zero-order chi connectivity index (χ0) is 14.8. The molecule has 0 saturated carbocycles. The van der Waals surface area contributed by atoms with Crippen LogP contribution in [0, 0.1) is 0 Å². The largest absolute Gasteiger partial charge is 0.398 e. The smallest absolute Gasteiger partial charge is 0.242 e. The molecule has 1 aromatic carbocycles. The van der Waals surface area contributed by atoms with Crippen LogP contribution >= 0.6 is 15.9 Å². The van der Waals surface area contributed by atoms with Gasteiger partial charge in [-0.25, -0.2) is 13.1 Å². The van der Waals surface area contributed by atoms with Gasteiger partial charge in [-0.2, -0.15) is 5.10 Å². The van der Waals surface area contributed by atoms with Crippen molar-refractivity contribution in [1.29, 1.82) is 0 Å². The Morgan fingerprint density at radius 1 is 1.50 bits per heavy atom. The molecule has 0 aliphatic rings. The fraction of sp³-hybridized carbons (Fsp3) is 0.250. The van der Waals surface area contributed by atoms with Crippen molar-refractivity contribution in [3.05, 3.63) is 41.1 Å². The first-order chi connectivity index (χ1) is 9.38. The number of rotatable bonds is 5. The zero-order valence-corrected chi connectivity index (χ0v) is 13.2. The van der Waals surface area contributed by atoms with Gasteiger partial charge in [-0.1, -0.05) is 15.9 Å². The lowest BCUT2D eigenvalue weighted by Gasteiger charge is -2.15. The number of hydrogen-bond donors (Lipinski definition) is 2. The number of halogens is 1. The fourth-order valence-corrected chi connectivity index (χ4v) is 3.70. The van der Waals surface area contributed by atoms with E-state index in [9.17, 15) is 8.42 Å². The molecular weight excluding hydrogens is 344 g/mol. The predicted octanol–water partition coefficient (Wildman–Crippen LogP) is 1.59. The van der Waals surface area contributed by atoms with Crippen molar-refractivity contribution in [2.45, 2.75) is 24.4 Å². The van der Waals surface area contributed by atoms with Gasteiger partial charge < -0.3 is 5.73 Å². The van der Waals surface area contributed by atoms with E-state index < -0.39 is 10.0 Å². The minimum absolute atomic E-state index is 0.0687. The van der Waals surface area contributed by atoms with E-state index in [-0.39, 0.29) is 16.6 Å². The van der Waals surface area contributed by atoms with E-state index in [1.807, 2.05) is 0 Å². The number of hydrogen-bond acceptors (Lipinski definition) is 4. The molecule has 1 unspecified atom stereocenters. The number of sulfonamides is 1. The van der Waals surface area contributed by atoms with E-state index in [1.54, 1.807) is 42.2 Å². The first kappa shape index (κ1) is 15.0. The van der Waals surface area contributed by atoms with Crippen molar-refractivity contribution >= 4 is 31.6 Å².